The van der Waals surface area contributed by atoms with Crippen LogP contribution in [0.4, 0.5) is 9.80 Å². The van der Waals surface area contributed by atoms with Crippen LogP contribution in [0.1, 0.15) is 34.9 Å². The molecule has 0 atom stereocenters. The van der Waals surface area contributed by atoms with Crippen LogP contribution in [0.5, 0.6) is 11.5 Å². The third-order valence-corrected chi connectivity index (χ3v) is 6.19. The maximum Gasteiger partial charge on any atom is 0.410 e. The molecule has 1 N–H and O–H groups in total. The van der Waals surface area contributed by atoms with E-state index in [0.29, 0.717) is 54.6 Å². The number of thiophene rings is 1. The first kappa shape index (κ1) is 22.4. The van der Waals surface area contributed by atoms with Crippen molar-refractivity contribution in [3.8, 4) is 17.6 Å². The Labute approximate surface area is 185 Å². The molecule has 0 fully saturated rings. The van der Waals surface area contributed by atoms with Gasteiger partial charge in [0.1, 0.15) is 11.1 Å². The summed E-state index contributed by atoms with van der Waals surface area (Å²) in [5.74, 6) is 1.03. The number of para-hydroxylation sites is 1. The molecule has 2 aromatic rings. The molecular weight excluding hydrogens is 418 g/mol. The lowest BCUT2D eigenvalue weighted by Gasteiger charge is -2.25. The van der Waals surface area contributed by atoms with Crippen molar-refractivity contribution in [1.82, 2.24) is 4.90 Å². The Hall–Kier alpha value is -3.25. The SMILES string of the molecule is CCOC(=O)N1CCc2c(sc(NC(=O)CCc3cccc(OC)c3OC)c2C#N)C1. The summed E-state index contributed by atoms with van der Waals surface area (Å²) in [5.41, 5.74) is 2.25. The van der Waals surface area contributed by atoms with Gasteiger partial charge in [-0.3, -0.25) is 4.79 Å². The minimum Gasteiger partial charge on any atom is -0.493 e. The van der Waals surface area contributed by atoms with Gasteiger partial charge in [0, 0.05) is 17.8 Å². The number of rotatable bonds is 7. The van der Waals surface area contributed by atoms with Crippen LogP contribution in [0.2, 0.25) is 0 Å². The summed E-state index contributed by atoms with van der Waals surface area (Å²) < 4.78 is 15.8. The quantitative estimate of drug-likeness (QED) is 0.700. The molecule has 164 valence electrons. The topological polar surface area (TPSA) is 101 Å². The van der Waals surface area contributed by atoms with Gasteiger partial charge >= 0.3 is 6.09 Å². The second kappa shape index (κ2) is 10.2. The molecule has 9 heteroatoms. The van der Waals surface area contributed by atoms with E-state index in [9.17, 15) is 14.9 Å². The van der Waals surface area contributed by atoms with Gasteiger partial charge in [0.25, 0.3) is 0 Å². The van der Waals surface area contributed by atoms with Crippen LogP contribution in [0.15, 0.2) is 18.2 Å². The molecule has 2 heterocycles. The molecule has 1 aliphatic heterocycles. The molecule has 0 saturated carbocycles. The summed E-state index contributed by atoms with van der Waals surface area (Å²) in [5, 5.41) is 13.0. The first-order valence-corrected chi connectivity index (χ1v) is 10.8. The van der Waals surface area contributed by atoms with Crippen molar-refractivity contribution in [2.45, 2.75) is 32.7 Å². The van der Waals surface area contributed by atoms with Crippen LogP contribution in [-0.2, 0) is 28.9 Å². The average molecular weight is 444 g/mol. The van der Waals surface area contributed by atoms with Gasteiger partial charge in [-0.1, -0.05) is 12.1 Å². The van der Waals surface area contributed by atoms with Crippen LogP contribution in [-0.4, -0.2) is 44.3 Å². The molecule has 2 amide bonds. The van der Waals surface area contributed by atoms with Gasteiger partial charge in [0.05, 0.1) is 32.9 Å². The fourth-order valence-corrected chi connectivity index (χ4v) is 4.80. The summed E-state index contributed by atoms with van der Waals surface area (Å²) in [4.78, 5) is 27.1. The number of nitrogens with one attached hydrogen (secondary N) is 1. The first-order valence-electron chi connectivity index (χ1n) is 9.98. The third kappa shape index (κ3) is 4.91. The van der Waals surface area contributed by atoms with E-state index < -0.39 is 0 Å². The number of hydrogen-bond donors (Lipinski definition) is 1. The standard InChI is InChI=1S/C22H25N3O5S/c1-4-30-22(27)25-11-10-15-16(12-23)21(31-18(15)13-25)24-19(26)9-8-14-6-5-7-17(28-2)20(14)29-3/h5-7H,4,8-11,13H2,1-3H3,(H,24,26). The predicted octanol–water partition coefficient (Wildman–Crippen LogP) is 3.72. The van der Waals surface area contributed by atoms with Gasteiger partial charge in [-0.25, -0.2) is 4.79 Å². The number of carbonyl (C=O) groups is 2. The van der Waals surface area contributed by atoms with Crippen LogP contribution in [0, 0.1) is 11.3 Å². The molecule has 3 rings (SSSR count). The highest BCUT2D eigenvalue weighted by atomic mass is 32.1. The van der Waals surface area contributed by atoms with Crippen LogP contribution in [0.3, 0.4) is 0 Å². The first-order chi connectivity index (χ1) is 15.0. The zero-order valence-corrected chi connectivity index (χ0v) is 18.6. The summed E-state index contributed by atoms with van der Waals surface area (Å²) >= 11 is 1.34. The lowest BCUT2D eigenvalue weighted by Crippen LogP contribution is -2.35. The number of amides is 2. The normalized spacial score (nSPS) is 12.5. The van der Waals surface area contributed by atoms with Crippen molar-refractivity contribution < 1.29 is 23.8 Å². The van der Waals surface area contributed by atoms with Gasteiger partial charge in [0.15, 0.2) is 11.5 Å². The molecule has 1 aliphatic rings. The molecule has 0 unspecified atom stereocenters. The maximum atomic E-state index is 12.6. The lowest BCUT2D eigenvalue weighted by molar-refractivity contribution is -0.116. The van der Waals surface area contributed by atoms with Crippen LogP contribution < -0.4 is 14.8 Å². The van der Waals surface area contributed by atoms with E-state index in [1.807, 2.05) is 12.1 Å². The van der Waals surface area contributed by atoms with Crippen molar-refractivity contribution >= 4 is 28.3 Å². The van der Waals surface area contributed by atoms with E-state index in [0.717, 1.165) is 16.0 Å². The van der Waals surface area contributed by atoms with E-state index in [1.54, 1.807) is 32.1 Å². The lowest BCUT2D eigenvalue weighted by atomic mass is 10.0. The number of hydrogen-bond acceptors (Lipinski definition) is 7. The smallest absolute Gasteiger partial charge is 0.410 e. The number of ether oxygens (including phenoxy) is 3. The van der Waals surface area contributed by atoms with Crippen molar-refractivity contribution in [3.63, 3.8) is 0 Å². The fraction of sp³-hybridized carbons (Fsp3) is 0.409. The predicted molar refractivity (Wildman–Crippen MR) is 117 cm³/mol. The molecule has 0 radical (unpaired) electrons. The number of methoxy groups -OCH3 is 2. The van der Waals surface area contributed by atoms with Gasteiger partial charge in [-0.15, -0.1) is 11.3 Å². The molecular formula is C22H25N3O5S. The maximum absolute atomic E-state index is 12.6. The molecule has 0 saturated heterocycles. The zero-order valence-electron chi connectivity index (χ0n) is 17.8. The van der Waals surface area contributed by atoms with Crippen molar-refractivity contribution in [1.29, 1.82) is 5.26 Å². The largest absolute Gasteiger partial charge is 0.493 e. The van der Waals surface area contributed by atoms with Crippen molar-refractivity contribution in [2.24, 2.45) is 0 Å². The number of carbonyl (C=O) groups excluding carboxylic acids is 2. The minimum atomic E-state index is -0.363. The van der Waals surface area contributed by atoms with E-state index in [2.05, 4.69) is 11.4 Å². The Kier molecular flexibility index (Phi) is 7.36. The van der Waals surface area contributed by atoms with Crippen LogP contribution in [0.25, 0.3) is 0 Å². The Morgan fingerprint density at radius 1 is 1.29 bits per heavy atom. The summed E-state index contributed by atoms with van der Waals surface area (Å²) in [6, 6.07) is 7.76. The molecule has 1 aromatic carbocycles. The Morgan fingerprint density at radius 2 is 2.10 bits per heavy atom. The number of benzene rings is 1. The monoisotopic (exact) mass is 443 g/mol. The summed E-state index contributed by atoms with van der Waals surface area (Å²) in [6.07, 6.45) is 0.893. The number of nitriles is 1. The number of anilines is 1. The second-order valence-corrected chi connectivity index (χ2v) is 8.00. The average Bonchev–Trinajstić information content (AvgIpc) is 3.13. The molecule has 0 aliphatic carbocycles. The third-order valence-electron chi connectivity index (χ3n) is 5.05. The fourth-order valence-electron chi connectivity index (χ4n) is 3.57. The molecule has 0 spiro atoms. The highest BCUT2D eigenvalue weighted by Crippen LogP contribution is 2.37. The molecule has 31 heavy (non-hydrogen) atoms. The van der Waals surface area contributed by atoms with E-state index in [1.165, 1.54) is 11.3 Å². The Morgan fingerprint density at radius 3 is 2.77 bits per heavy atom. The van der Waals surface area contributed by atoms with Crippen LogP contribution >= 0.6 is 11.3 Å². The molecule has 1 aromatic heterocycles. The molecule has 0 bridgehead atoms. The van der Waals surface area contributed by atoms with Gasteiger partial charge in [-0.05, 0) is 37.0 Å². The highest BCUT2D eigenvalue weighted by Gasteiger charge is 2.28. The summed E-state index contributed by atoms with van der Waals surface area (Å²) in [7, 11) is 3.13. The van der Waals surface area contributed by atoms with Crippen molar-refractivity contribution in [3.05, 3.63) is 39.8 Å². The van der Waals surface area contributed by atoms with Crippen molar-refractivity contribution in [2.75, 3.05) is 32.7 Å². The second-order valence-electron chi connectivity index (χ2n) is 6.89. The molecule has 8 nitrogen and oxygen atoms in total. The number of aryl methyl sites for hydroxylation is 1. The van der Waals surface area contributed by atoms with E-state index in [-0.39, 0.29) is 18.4 Å². The highest BCUT2D eigenvalue weighted by molar-refractivity contribution is 7.16. The van der Waals surface area contributed by atoms with E-state index in [4.69, 9.17) is 14.2 Å². The van der Waals surface area contributed by atoms with E-state index >= 15 is 0 Å². The Bertz CT molecular complexity index is 1010. The summed E-state index contributed by atoms with van der Waals surface area (Å²) in [6.45, 7) is 2.95. The van der Waals surface area contributed by atoms with Gasteiger partial charge < -0.3 is 24.4 Å². The number of nitrogens with zero attached hydrogens (tertiary/aromatic N) is 2. The van der Waals surface area contributed by atoms with Gasteiger partial charge in [0.2, 0.25) is 5.91 Å². The Balaban J connectivity index is 1.69. The zero-order chi connectivity index (χ0) is 22.4. The number of fused-ring (bicyclic) bond motifs is 1. The minimum absolute atomic E-state index is 0.192. The van der Waals surface area contributed by atoms with Gasteiger partial charge in [-0.2, -0.15) is 5.26 Å².